The first-order valence-electron chi connectivity index (χ1n) is 19.8. The number of hydrogen-bond donors (Lipinski definition) is 2. The standard InChI is InChI=1S/C29H39N2O9PS2.C11H21N2O3PS/c1-8-37-41(33,38-9-2)18-26-27(19(3)4)42-29(30-26)31-28(32)21-14-23(39-20(5)17-36-6)16-24(15-21)40-22-10-12-25(13-11-22)43(7,34)35;1-5-15-17(14,16-6-2)7-9-10(8(3)4)18-11(12)13-9/h10-16,19-20H,8-9,17-18H2,1-7H3,(H,30,31,32);8H,5-7H2,1-4H3,(H2,12,13)/t20-;/m0./s1. The topological polar surface area (TPSA) is 214 Å². The van der Waals surface area contributed by atoms with Gasteiger partial charge in [0, 0.05) is 34.7 Å². The predicted octanol–water partition coefficient (Wildman–Crippen LogP) is 10.5. The van der Waals surface area contributed by atoms with Gasteiger partial charge in [0.25, 0.3) is 5.91 Å². The molecule has 21 heteroatoms. The Morgan fingerprint density at radius 2 is 1.25 bits per heavy atom. The van der Waals surface area contributed by atoms with Crippen LogP contribution in [-0.2, 0) is 54.1 Å². The van der Waals surface area contributed by atoms with E-state index in [2.05, 4.69) is 29.1 Å². The molecule has 0 aliphatic carbocycles. The number of hydrogen-bond acceptors (Lipinski definition) is 17. The van der Waals surface area contributed by atoms with Crippen molar-refractivity contribution in [2.75, 3.05) is 57.5 Å². The van der Waals surface area contributed by atoms with Crippen LogP contribution in [0.25, 0.3) is 0 Å². The van der Waals surface area contributed by atoms with E-state index >= 15 is 0 Å². The van der Waals surface area contributed by atoms with Crippen molar-refractivity contribution in [1.82, 2.24) is 9.97 Å². The zero-order valence-electron chi connectivity index (χ0n) is 36.7. The number of aromatic nitrogens is 2. The summed E-state index contributed by atoms with van der Waals surface area (Å²) in [6.07, 6.45) is 0.995. The lowest BCUT2D eigenvalue weighted by molar-refractivity contribution is 0.0916. The van der Waals surface area contributed by atoms with E-state index in [9.17, 15) is 22.3 Å². The van der Waals surface area contributed by atoms with Gasteiger partial charge in [-0.1, -0.05) is 27.7 Å². The zero-order valence-corrected chi connectivity index (χ0v) is 41.0. The lowest BCUT2D eigenvalue weighted by Crippen LogP contribution is -2.18. The molecule has 0 saturated heterocycles. The summed E-state index contributed by atoms with van der Waals surface area (Å²) in [6.45, 7) is 18.5. The number of nitrogen functional groups attached to an aromatic ring is 1. The minimum atomic E-state index is -3.41. The van der Waals surface area contributed by atoms with Crippen LogP contribution in [0.1, 0.15) is 106 Å². The van der Waals surface area contributed by atoms with Gasteiger partial charge in [-0.25, -0.2) is 18.4 Å². The second kappa shape index (κ2) is 24.0. The van der Waals surface area contributed by atoms with E-state index in [4.69, 9.17) is 38.0 Å². The Bertz CT molecular complexity index is 2210. The van der Waals surface area contributed by atoms with Crippen molar-refractivity contribution in [2.45, 2.75) is 97.5 Å². The molecule has 4 rings (SSSR count). The molecule has 3 N–H and O–H groups in total. The Morgan fingerprint density at radius 1 is 0.754 bits per heavy atom. The van der Waals surface area contributed by atoms with E-state index in [-0.39, 0.29) is 48.0 Å². The number of nitrogens with zero attached hydrogens (tertiary/aromatic N) is 2. The molecule has 61 heavy (non-hydrogen) atoms. The summed E-state index contributed by atoms with van der Waals surface area (Å²) < 4.78 is 87.8. The van der Waals surface area contributed by atoms with Gasteiger partial charge in [-0.05, 0) is 82.9 Å². The molecule has 0 unspecified atom stereocenters. The van der Waals surface area contributed by atoms with E-state index < -0.39 is 30.9 Å². The summed E-state index contributed by atoms with van der Waals surface area (Å²) in [4.78, 5) is 24.4. The monoisotopic (exact) mass is 946 g/mol. The number of methoxy groups -OCH3 is 1. The first-order valence-corrected chi connectivity index (χ1v) is 26.8. The van der Waals surface area contributed by atoms with Crippen LogP contribution in [0.4, 0.5) is 10.3 Å². The maximum Gasteiger partial charge on any atom is 0.336 e. The summed E-state index contributed by atoms with van der Waals surface area (Å²) in [5.74, 6) is 0.943. The van der Waals surface area contributed by atoms with Crippen molar-refractivity contribution in [3.05, 3.63) is 69.2 Å². The Kier molecular flexibility index (Phi) is 20.5. The third kappa shape index (κ3) is 16.4. The maximum atomic E-state index is 13.5. The summed E-state index contributed by atoms with van der Waals surface area (Å²) in [5, 5.41) is 3.67. The SMILES string of the molecule is CCOP(=O)(Cc1nc(N)sc1C(C)C)OCC.CCOP(=O)(Cc1nc(NC(=O)c2cc(Oc3ccc(S(C)(=O)=O)cc3)cc(O[C@@H](C)COC)c2)sc1C(C)C)OCC. The van der Waals surface area contributed by atoms with Crippen LogP contribution in [0, 0.1) is 0 Å². The fourth-order valence-corrected chi connectivity index (χ4v) is 11.7. The molecule has 0 aliphatic heterocycles. The molecule has 2 heterocycles. The number of sulfone groups is 1. The normalized spacial score (nSPS) is 12.6. The fraction of sp³-hybridized carbons (Fsp3) is 0.525. The average Bonchev–Trinajstić information content (AvgIpc) is 3.73. The van der Waals surface area contributed by atoms with Crippen LogP contribution < -0.4 is 20.5 Å². The number of nitrogens with one attached hydrogen (secondary N) is 1. The number of rotatable bonds is 23. The highest BCUT2D eigenvalue weighted by Crippen LogP contribution is 2.53. The maximum absolute atomic E-state index is 13.5. The van der Waals surface area contributed by atoms with E-state index in [0.29, 0.717) is 58.9 Å². The van der Waals surface area contributed by atoms with Crippen LogP contribution in [0.5, 0.6) is 17.2 Å². The first kappa shape index (κ1) is 52.1. The molecule has 2 aromatic heterocycles. The first-order chi connectivity index (χ1) is 28.7. The molecule has 0 saturated carbocycles. The highest BCUT2D eigenvalue weighted by molar-refractivity contribution is 7.90. The van der Waals surface area contributed by atoms with Crippen LogP contribution in [0.2, 0.25) is 0 Å². The van der Waals surface area contributed by atoms with Gasteiger partial charge in [-0.3, -0.25) is 19.2 Å². The zero-order chi connectivity index (χ0) is 45.5. The average molecular weight is 947 g/mol. The minimum Gasteiger partial charge on any atom is -0.488 e. The van der Waals surface area contributed by atoms with Crippen LogP contribution in [0.3, 0.4) is 0 Å². The van der Waals surface area contributed by atoms with Crippen molar-refractivity contribution >= 4 is 63.9 Å². The van der Waals surface area contributed by atoms with E-state index in [1.807, 2.05) is 20.8 Å². The van der Waals surface area contributed by atoms with E-state index in [0.717, 1.165) is 21.7 Å². The Morgan fingerprint density at radius 3 is 1.72 bits per heavy atom. The van der Waals surface area contributed by atoms with Gasteiger partial charge in [0.15, 0.2) is 20.1 Å². The summed E-state index contributed by atoms with van der Waals surface area (Å²) >= 11 is 2.73. The number of carbonyl (C=O) groups excluding carboxylic acids is 1. The van der Waals surface area contributed by atoms with Gasteiger partial charge in [0.05, 0.1) is 61.6 Å². The number of amides is 1. The second-order valence-electron chi connectivity index (χ2n) is 14.1. The molecule has 16 nitrogen and oxygen atoms in total. The molecule has 1 atom stereocenters. The van der Waals surface area contributed by atoms with Gasteiger partial charge in [-0.15, -0.1) is 22.7 Å². The third-order valence-electron chi connectivity index (χ3n) is 8.10. The molecule has 0 radical (unpaired) electrons. The lowest BCUT2D eigenvalue weighted by Gasteiger charge is -2.17. The second-order valence-corrected chi connectivity index (χ2v) is 22.3. The van der Waals surface area contributed by atoms with Crippen molar-refractivity contribution in [3.8, 4) is 17.2 Å². The fourth-order valence-electron chi connectivity index (χ4n) is 5.73. The Balaban J connectivity index is 0.000000460. The lowest BCUT2D eigenvalue weighted by atomic mass is 10.1. The molecular formula is C40H60N4O12P2S3. The molecule has 0 aliphatic rings. The van der Waals surface area contributed by atoms with Crippen molar-refractivity contribution in [2.24, 2.45) is 0 Å². The van der Waals surface area contributed by atoms with Gasteiger partial charge in [-0.2, -0.15) is 0 Å². The van der Waals surface area contributed by atoms with Crippen LogP contribution in [-0.4, -0.2) is 76.8 Å². The van der Waals surface area contributed by atoms with E-state index in [1.165, 1.54) is 46.9 Å². The predicted molar refractivity (Wildman–Crippen MR) is 242 cm³/mol. The summed E-state index contributed by atoms with van der Waals surface area (Å²) in [7, 11) is -8.32. The molecular weight excluding hydrogens is 887 g/mol. The number of nitrogens with two attached hydrogens (primary N) is 1. The Labute approximate surface area is 368 Å². The molecule has 340 valence electrons. The quantitative estimate of drug-likeness (QED) is 0.0662. The molecule has 0 bridgehead atoms. The number of carbonyl (C=O) groups is 1. The van der Waals surface area contributed by atoms with Gasteiger partial charge in [0.2, 0.25) is 0 Å². The molecule has 2 aromatic carbocycles. The number of ether oxygens (including phenoxy) is 3. The highest BCUT2D eigenvalue weighted by atomic mass is 32.2. The third-order valence-corrected chi connectivity index (χ3v) is 15.7. The van der Waals surface area contributed by atoms with Crippen LogP contribution >= 0.6 is 37.9 Å². The Hall–Kier alpha value is -3.22. The molecule has 4 aromatic rings. The highest BCUT2D eigenvalue weighted by Gasteiger charge is 2.30. The molecule has 1 amide bonds. The largest absolute Gasteiger partial charge is 0.488 e. The van der Waals surface area contributed by atoms with E-state index in [1.54, 1.807) is 53.0 Å². The number of benzene rings is 2. The smallest absolute Gasteiger partial charge is 0.336 e. The van der Waals surface area contributed by atoms with Crippen molar-refractivity contribution in [1.29, 1.82) is 0 Å². The summed E-state index contributed by atoms with van der Waals surface area (Å²) in [5.41, 5.74) is 7.24. The minimum absolute atomic E-state index is 0.00854. The van der Waals surface area contributed by atoms with Crippen LogP contribution in [0.15, 0.2) is 47.4 Å². The number of anilines is 2. The van der Waals surface area contributed by atoms with Gasteiger partial charge in [0.1, 0.15) is 23.4 Å². The van der Waals surface area contributed by atoms with Gasteiger partial charge >= 0.3 is 15.2 Å². The van der Waals surface area contributed by atoms with Crippen molar-refractivity contribution < 1.29 is 54.6 Å². The molecule has 0 fully saturated rings. The van der Waals surface area contributed by atoms with Gasteiger partial charge < -0.3 is 38.0 Å². The summed E-state index contributed by atoms with van der Waals surface area (Å²) in [6, 6.07) is 10.7. The van der Waals surface area contributed by atoms with Crippen molar-refractivity contribution in [3.63, 3.8) is 0 Å². The number of thiazole rings is 2. The molecule has 0 spiro atoms.